The topological polar surface area (TPSA) is 21.3 Å². The highest BCUT2D eigenvalue weighted by Gasteiger charge is 2.31. The van der Waals surface area contributed by atoms with Crippen molar-refractivity contribution >= 4 is 5.69 Å². The molecule has 1 aromatic rings. The van der Waals surface area contributed by atoms with Crippen molar-refractivity contribution in [3.63, 3.8) is 0 Å². The SMILES string of the molecule is COCCCNc1cc(C(F)(F)F)ccc1F. The molecule has 0 aliphatic rings. The number of alkyl halides is 3. The Bertz CT molecular complexity index is 365. The molecule has 0 saturated heterocycles. The van der Waals surface area contributed by atoms with Crippen LogP contribution in [0.1, 0.15) is 12.0 Å². The lowest BCUT2D eigenvalue weighted by atomic mass is 10.2. The quantitative estimate of drug-likeness (QED) is 0.640. The molecule has 0 unspecified atom stereocenters. The first-order chi connectivity index (χ1) is 7.95. The summed E-state index contributed by atoms with van der Waals surface area (Å²) in [7, 11) is 1.52. The maximum Gasteiger partial charge on any atom is 0.416 e. The molecule has 96 valence electrons. The lowest BCUT2D eigenvalue weighted by molar-refractivity contribution is -0.137. The Morgan fingerprint density at radius 2 is 2.00 bits per heavy atom. The number of methoxy groups -OCH3 is 1. The van der Waals surface area contributed by atoms with Crippen LogP contribution in [0.3, 0.4) is 0 Å². The molecule has 0 aromatic heterocycles. The summed E-state index contributed by atoms with van der Waals surface area (Å²) in [5.41, 5.74) is -1.01. The zero-order chi connectivity index (χ0) is 12.9. The first kappa shape index (κ1) is 13.8. The third-order valence-electron chi connectivity index (χ3n) is 2.13. The zero-order valence-electron chi connectivity index (χ0n) is 9.27. The molecule has 0 amide bonds. The highest BCUT2D eigenvalue weighted by molar-refractivity contribution is 5.47. The van der Waals surface area contributed by atoms with Gasteiger partial charge in [-0.2, -0.15) is 13.2 Å². The van der Waals surface area contributed by atoms with Crippen molar-refractivity contribution < 1.29 is 22.3 Å². The van der Waals surface area contributed by atoms with Gasteiger partial charge in [-0.25, -0.2) is 4.39 Å². The van der Waals surface area contributed by atoms with Crippen molar-refractivity contribution in [2.45, 2.75) is 12.6 Å². The Morgan fingerprint density at radius 3 is 2.59 bits per heavy atom. The van der Waals surface area contributed by atoms with Crippen LogP contribution in [0.15, 0.2) is 18.2 Å². The summed E-state index contributed by atoms with van der Waals surface area (Å²) in [5.74, 6) is -0.699. The second-order valence-corrected chi connectivity index (χ2v) is 3.47. The van der Waals surface area contributed by atoms with E-state index in [4.69, 9.17) is 4.74 Å². The predicted octanol–water partition coefficient (Wildman–Crippen LogP) is 3.29. The van der Waals surface area contributed by atoms with E-state index in [2.05, 4.69) is 5.32 Å². The van der Waals surface area contributed by atoms with Crippen molar-refractivity contribution in [1.82, 2.24) is 0 Å². The molecule has 2 nitrogen and oxygen atoms in total. The molecule has 0 bridgehead atoms. The van der Waals surface area contributed by atoms with E-state index in [0.717, 1.165) is 18.2 Å². The molecule has 6 heteroatoms. The summed E-state index contributed by atoms with van der Waals surface area (Å²) in [6, 6.07) is 2.29. The number of benzene rings is 1. The van der Waals surface area contributed by atoms with Gasteiger partial charge in [-0.05, 0) is 24.6 Å². The van der Waals surface area contributed by atoms with Crippen LogP contribution in [-0.2, 0) is 10.9 Å². The molecule has 1 aromatic carbocycles. The van der Waals surface area contributed by atoms with Gasteiger partial charge in [-0.1, -0.05) is 0 Å². The van der Waals surface area contributed by atoms with E-state index in [0.29, 0.717) is 19.6 Å². The van der Waals surface area contributed by atoms with Gasteiger partial charge in [0.2, 0.25) is 0 Å². The molecule has 0 aliphatic carbocycles. The zero-order valence-corrected chi connectivity index (χ0v) is 9.27. The average molecular weight is 251 g/mol. The number of nitrogens with one attached hydrogen (secondary N) is 1. The minimum atomic E-state index is -4.46. The van der Waals surface area contributed by atoms with Crippen molar-refractivity contribution in [2.24, 2.45) is 0 Å². The molecular weight excluding hydrogens is 238 g/mol. The third kappa shape index (κ3) is 4.22. The molecule has 0 fully saturated rings. The fourth-order valence-electron chi connectivity index (χ4n) is 1.28. The molecule has 0 atom stereocenters. The van der Waals surface area contributed by atoms with Crippen LogP contribution in [0.2, 0.25) is 0 Å². The first-order valence-electron chi connectivity index (χ1n) is 5.04. The molecular formula is C11H13F4NO. The van der Waals surface area contributed by atoms with Crippen molar-refractivity contribution in [3.8, 4) is 0 Å². The van der Waals surface area contributed by atoms with E-state index in [9.17, 15) is 17.6 Å². The first-order valence-corrected chi connectivity index (χ1v) is 5.04. The van der Waals surface area contributed by atoms with Crippen LogP contribution in [0.25, 0.3) is 0 Å². The van der Waals surface area contributed by atoms with Gasteiger partial charge >= 0.3 is 6.18 Å². The van der Waals surface area contributed by atoms with E-state index in [1.54, 1.807) is 0 Å². The van der Waals surface area contributed by atoms with Gasteiger partial charge in [0.25, 0.3) is 0 Å². The summed E-state index contributed by atoms with van der Waals surface area (Å²) in [6.07, 6.45) is -3.87. The van der Waals surface area contributed by atoms with Crippen LogP contribution >= 0.6 is 0 Å². The molecule has 17 heavy (non-hydrogen) atoms. The van der Waals surface area contributed by atoms with E-state index in [1.807, 2.05) is 0 Å². The largest absolute Gasteiger partial charge is 0.416 e. The van der Waals surface area contributed by atoms with Gasteiger partial charge in [0.1, 0.15) is 5.82 Å². The van der Waals surface area contributed by atoms with Crippen molar-refractivity contribution in [1.29, 1.82) is 0 Å². The Labute approximate surface area is 96.6 Å². The standard InChI is InChI=1S/C11H13F4NO/c1-17-6-2-5-16-10-7-8(11(13,14)15)3-4-9(10)12/h3-4,7,16H,2,5-6H2,1H3. The van der Waals surface area contributed by atoms with Crippen molar-refractivity contribution in [3.05, 3.63) is 29.6 Å². The third-order valence-corrected chi connectivity index (χ3v) is 2.13. The molecule has 0 spiro atoms. The average Bonchev–Trinajstić information content (AvgIpc) is 2.25. The van der Waals surface area contributed by atoms with Crippen LogP contribution in [0.5, 0.6) is 0 Å². The minimum absolute atomic E-state index is 0.143. The fraction of sp³-hybridized carbons (Fsp3) is 0.455. The molecule has 0 saturated carbocycles. The van der Waals surface area contributed by atoms with Gasteiger partial charge in [0.15, 0.2) is 0 Å². The summed E-state index contributed by atoms with van der Waals surface area (Å²) >= 11 is 0. The molecule has 1 N–H and O–H groups in total. The van der Waals surface area contributed by atoms with E-state index < -0.39 is 17.6 Å². The summed E-state index contributed by atoms with van der Waals surface area (Å²) in [6.45, 7) is 0.819. The van der Waals surface area contributed by atoms with Crippen LogP contribution in [0.4, 0.5) is 23.2 Å². The Hall–Kier alpha value is -1.30. The van der Waals surface area contributed by atoms with Gasteiger partial charge in [0, 0.05) is 20.3 Å². The number of anilines is 1. The molecule has 0 radical (unpaired) electrons. The number of halogens is 4. The lowest BCUT2D eigenvalue weighted by Crippen LogP contribution is -2.09. The van der Waals surface area contributed by atoms with E-state index >= 15 is 0 Å². The summed E-state index contributed by atoms with van der Waals surface area (Å²) in [5, 5.41) is 2.61. The maximum absolute atomic E-state index is 13.2. The Balaban J connectivity index is 2.70. The van der Waals surface area contributed by atoms with E-state index in [1.165, 1.54) is 7.11 Å². The number of rotatable bonds is 5. The highest BCUT2D eigenvalue weighted by atomic mass is 19.4. The summed E-state index contributed by atoms with van der Waals surface area (Å²) < 4.78 is 55.1. The van der Waals surface area contributed by atoms with Gasteiger partial charge < -0.3 is 10.1 Å². The van der Waals surface area contributed by atoms with Crippen LogP contribution in [0, 0.1) is 5.82 Å². The lowest BCUT2D eigenvalue weighted by Gasteiger charge is -2.11. The number of hydrogen-bond donors (Lipinski definition) is 1. The van der Waals surface area contributed by atoms with E-state index in [-0.39, 0.29) is 5.69 Å². The molecule has 0 aliphatic heterocycles. The van der Waals surface area contributed by atoms with Crippen LogP contribution < -0.4 is 5.32 Å². The highest BCUT2D eigenvalue weighted by Crippen LogP contribution is 2.31. The van der Waals surface area contributed by atoms with Gasteiger partial charge in [0.05, 0.1) is 11.3 Å². The maximum atomic E-state index is 13.2. The predicted molar refractivity (Wildman–Crippen MR) is 56.4 cm³/mol. The second kappa shape index (κ2) is 5.86. The monoisotopic (exact) mass is 251 g/mol. The Morgan fingerprint density at radius 1 is 1.29 bits per heavy atom. The number of hydrogen-bond acceptors (Lipinski definition) is 2. The summed E-state index contributed by atoms with van der Waals surface area (Å²) in [4.78, 5) is 0. The minimum Gasteiger partial charge on any atom is -0.385 e. The molecule has 0 heterocycles. The second-order valence-electron chi connectivity index (χ2n) is 3.47. The van der Waals surface area contributed by atoms with Gasteiger partial charge in [-0.15, -0.1) is 0 Å². The fourth-order valence-corrected chi connectivity index (χ4v) is 1.28. The smallest absolute Gasteiger partial charge is 0.385 e. The van der Waals surface area contributed by atoms with Crippen molar-refractivity contribution in [2.75, 3.05) is 25.6 Å². The number of ether oxygens (including phenoxy) is 1. The molecule has 1 rings (SSSR count). The Kier molecular flexibility index (Phi) is 4.74. The van der Waals surface area contributed by atoms with Gasteiger partial charge in [-0.3, -0.25) is 0 Å². The van der Waals surface area contributed by atoms with Crippen LogP contribution in [-0.4, -0.2) is 20.3 Å². The normalized spacial score (nSPS) is 11.6.